The number of nitrogens with zero attached hydrogens (tertiary/aromatic N) is 2. The van der Waals surface area contributed by atoms with Gasteiger partial charge in [0, 0.05) is 32.7 Å². The van der Waals surface area contributed by atoms with Crippen LogP contribution >= 0.6 is 24.0 Å². The van der Waals surface area contributed by atoms with E-state index in [0.29, 0.717) is 36.9 Å². The number of nitrogens with one attached hydrogen (secondary N) is 2. The van der Waals surface area contributed by atoms with Gasteiger partial charge in [-0.25, -0.2) is 16.8 Å². The summed E-state index contributed by atoms with van der Waals surface area (Å²) in [5, 5.41) is 6.26. The zero-order valence-corrected chi connectivity index (χ0v) is 19.8. The van der Waals surface area contributed by atoms with E-state index in [1.165, 1.54) is 4.31 Å². The lowest BCUT2D eigenvalue weighted by Gasteiger charge is -2.17. The third-order valence-electron chi connectivity index (χ3n) is 4.88. The number of rotatable bonds is 5. The maximum Gasteiger partial charge on any atom is 0.243 e. The molecular weight excluding hydrogens is 515 g/mol. The van der Waals surface area contributed by atoms with Crippen molar-refractivity contribution in [3.63, 3.8) is 0 Å². The van der Waals surface area contributed by atoms with E-state index < -0.39 is 19.9 Å². The van der Waals surface area contributed by atoms with E-state index in [-0.39, 0.29) is 41.5 Å². The lowest BCUT2D eigenvalue weighted by atomic mass is 10.2. The molecule has 0 saturated carbocycles. The molecule has 1 aromatic rings. The van der Waals surface area contributed by atoms with Gasteiger partial charge in [0.1, 0.15) is 0 Å². The zero-order valence-electron chi connectivity index (χ0n) is 15.8. The van der Waals surface area contributed by atoms with Crippen molar-refractivity contribution < 1.29 is 16.8 Å². The van der Waals surface area contributed by atoms with Crippen molar-refractivity contribution in [2.75, 3.05) is 31.6 Å². The Morgan fingerprint density at radius 3 is 2.39 bits per heavy atom. The number of hydrogen-bond acceptors (Lipinski definition) is 5. The molecule has 3 rings (SSSR count). The summed E-state index contributed by atoms with van der Waals surface area (Å²) in [5.41, 5.74) is 0.914. The molecule has 2 fully saturated rings. The van der Waals surface area contributed by atoms with Gasteiger partial charge in [-0.3, -0.25) is 4.99 Å². The second-order valence-electron chi connectivity index (χ2n) is 6.93. The van der Waals surface area contributed by atoms with Gasteiger partial charge in [0.15, 0.2) is 15.8 Å². The van der Waals surface area contributed by atoms with Crippen LogP contribution in [0.4, 0.5) is 0 Å². The van der Waals surface area contributed by atoms with Crippen LogP contribution in [0.15, 0.2) is 34.2 Å². The van der Waals surface area contributed by atoms with Gasteiger partial charge in [0.05, 0.1) is 16.4 Å². The van der Waals surface area contributed by atoms with Gasteiger partial charge in [-0.2, -0.15) is 4.31 Å². The topological polar surface area (TPSA) is 108 Å². The van der Waals surface area contributed by atoms with Crippen LogP contribution in [0.5, 0.6) is 0 Å². The van der Waals surface area contributed by atoms with Crippen molar-refractivity contribution in [3.8, 4) is 0 Å². The van der Waals surface area contributed by atoms with Crippen molar-refractivity contribution in [2.24, 2.45) is 4.99 Å². The van der Waals surface area contributed by atoms with Crippen LogP contribution < -0.4 is 10.6 Å². The minimum atomic E-state index is -3.40. The first-order valence-corrected chi connectivity index (χ1v) is 12.3. The Bertz CT molecular complexity index is 896. The van der Waals surface area contributed by atoms with E-state index in [1.807, 2.05) is 0 Å². The van der Waals surface area contributed by atoms with Crippen molar-refractivity contribution >= 4 is 49.8 Å². The minimum absolute atomic E-state index is 0. The summed E-state index contributed by atoms with van der Waals surface area (Å²) in [6.07, 6.45) is 2.40. The SMILES string of the molecule is CN=C(NCc1ccc(S(=O)(=O)N2CCCC2)cc1)NC1CCS(=O)(=O)C1.I. The highest BCUT2D eigenvalue weighted by atomic mass is 127. The fourth-order valence-corrected chi connectivity index (χ4v) is 6.53. The number of halogens is 1. The van der Waals surface area contributed by atoms with Crippen LogP contribution in [0.25, 0.3) is 0 Å². The summed E-state index contributed by atoms with van der Waals surface area (Å²) in [5.74, 6) is 0.858. The average molecular weight is 542 g/mol. The quantitative estimate of drug-likeness (QED) is 0.326. The summed E-state index contributed by atoms with van der Waals surface area (Å²) < 4.78 is 49.7. The van der Waals surface area contributed by atoms with Gasteiger partial charge in [0.2, 0.25) is 10.0 Å². The molecule has 11 heteroatoms. The highest BCUT2D eigenvalue weighted by molar-refractivity contribution is 14.0. The van der Waals surface area contributed by atoms with E-state index in [1.54, 1.807) is 31.3 Å². The van der Waals surface area contributed by atoms with Gasteiger partial charge in [-0.05, 0) is 37.0 Å². The maximum atomic E-state index is 12.5. The summed E-state index contributed by atoms with van der Waals surface area (Å²) in [4.78, 5) is 4.43. The average Bonchev–Trinajstić information content (AvgIpc) is 3.29. The predicted molar refractivity (Wildman–Crippen MR) is 120 cm³/mol. The molecule has 2 aliphatic rings. The highest BCUT2D eigenvalue weighted by Gasteiger charge is 2.28. The first-order chi connectivity index (χ1) is 12.8. The summed E-state index contributed by atoms with van der Waals surface area (Å²) in [6, 6.07) is 6.69. The smallest absolute Gasteiger partial charge is 0.243 e. The Balaban J connectivity index is 0.00000280. The standard InChI is InChI=1S/C17H26N4O4S2.HI/c1-18-17(20-15-8-11-26(22,23)13-15)19-12-14-4-6-16(7-5-14)27(24,25)21-9-2-3-10-21;/h4-7,15H,2-3,8-13H2,1H3,(H2,18,19,20);1H. The third kappa shape index (κ3) is 5.80. The van der Waals surface area contributed by atoms with E-state index >= 15 is 0 Å². The lowest BCUT2D eigenvalue weighted by Crippen LogP contribution is -2.43. The van der Waals surface area contributed by atoms with Crippen LogP contribution in [0.3, 0.4) is 0 Å². The monoisotopic (exact) mass is 542 g/mol. The fourth-order valence-electron chi connectivity index (χ4n) is 3.34. The summed E-state index contributed by atoms with van der Waals surface area (Å²) in [6.45, 7) is 1.64. The molecule has 1 aromatic carbocycles. The van der Waals surface area contributed by atoms with Crippen LogP contribution in [0.1, 0.15) is 24.8 Å². The molecule has 28 heavy (non-hydrogen) atoms. The van der Waals surface area contributed by atoms with Crippen molar-refractivity contribution in [1.29, 1.82) is 0 Å². The molecule has 2 N–H and O–H groups in total. The normalized spacial score (nSPS) is 22.6. The Kier molecular flexibility index (Phi) is 8.11. The first-order valence-electron chi connectivity index (χ1n) is 9.07. The van der Waals surface area contributed by atoms with E-state index in [2.05, 4.69) is 15.6 Å². The zero-order chi connectivity index (χ0) is 19.5. The van der Waals surface area contributed by atoms with Gasteiger partial charge in [-0.1, -0.05) is 12.1 Å². The van der Waals surface area contributed by atoms with E-state index in [0.717, 1.165) is 18.4 Å². The van der Waals surface area contributed by atoms with Crippen LogP contribution in [-0.2, 0) is 26.4 Å². The van der Waals surface area contributed by atoms with Crippen molar-refractivity contribution in [3.05, 3.63) is 29.8 Å². The molecule has 0 radical (unpaired) electrons. The molecule has 0 aromatic heterocycles. The number of hydrogen-bond donors (Lipinski definition) is 2. The van der Waals surface area contributed by atoms with E-state index in [4.69, 9.17) is 0 Å². The summed E-state index contributed by atoms with van der Waals surface area (Å²) in [7, 11) is -4.72. The Hall–Kier alpha value is -0.920. The molecule has 8 nitrogen and oxygen atoms in total. The largest absolute Gasteiger partial charge is 0.353 e. The molecule has 1 unspecified atom stereocenters. The molecule has 2 saturated heterocycles. The van der Waals surface area contributed by atoms with Gasteiger partial charge < -0.3 is 10.6 Å². The van der Waals surface area contributed by atoms with Gasteiger partial charge >= 0.3 is 0 Å². The first kappa shape index (κ1) is 23.4. The number of sulfone groups is 1. The van der Waals surface area contributed by atoms with Gasteiger partial charge in [-0.15, -0.1) is 24.0 Å². The molecule has 0 aliphatic carbocycles. The maximum absolute atomic E-state index is 12.5. The van der Waals surface area contributed by atoms with Crippen LogP contribution in [-0.4, -0.2) is 64.8 Å². The molecule has 0 bridgehead atoms. The number of aliphatic imine (C=N–C) groups is 1. The minimum Gasteiger partial charge on any atom is -0.353 e. The number of sulfonamides is 1. The molecule has 0 amide bonds. The fraction of sp³-hybridized carbons (Fsp3) is 0.588. The second-order valence-corrected chi connectivity index (χ2v) is 11.1. The predicted octanol–water partition coefficient (Wildman–Crippen LogP) is 0.941. The van der Waals surface area contributed by atoms with Gasteiger partial charge in [0.25, 0.3) is 0 Å². The van der Waals surface area contributed by atoms with Crippen molar-refractivity contribution in [2.45, 2.75) is 36.7 Å². The number of guanidine groups is 1. The Morgan fingerprint density at radius 2 is 1.86 bits per heavy atom. The molecule has 158 valence electrons. The molecule has 0 spiro atoms. The second kappa shape index (κ2) is 9.72. The molecule has 2 aliphatic heterocycles. The third-order valence-corrected chi connectivity index (χ3v) is 8.56. The van der Waals surface area contributed by atoms with Crippen LogP contribution in [0, 0.1) is 0 Å². The summed E-state index contributed by atoms with van der Waals surface area (Å²) >= 11 is 0. The lowest BCUT2D eigenvalue weighted by molar-refractivity contribution is 0.477. The Labute approximate surface area is 184 Å². The molecule has 1 atom stereocenters. The molecule has 2 heterocycles. The van der Waals surface area contributed by atoms with Crippen molar-refractivity contribution in [1.82, 2.24) is 14.9 Å². The van der Waals surface area contributed by atoms with E-state index in [9.17, 15) is 16.8 Å². The number of benzene rings is 1. The Morgan fingerprint density at radius 1 is 1.21 bits per heavy atom. The molecular formula is C17H27IN4O4S2. The highest BCUT2D eigenvalue weighted by Crippen LogP contribution is 2.21. The van der Waals surface area contributed by atoms with Crippen LogP contribution in [0.2, 0.25) is 0 Å².